The summed E-state index contributed by atoms with van der Waals surface area (Å²) in [5.74, 6) is -8.90. The minimum atomic E-state index is -1.68. The molecule has 0 aliphatic rings. The van der Waals surface area contributed by atoms with Gasteiger partial charge in [-0.2, -0.15) is 0 Å². The number of carbonyl (C=O) groups excluding carboxylic acids is 4. The topological polar surface area (TPSA) is 276 Å². The van der Waals surface area contributed by atoms with Crippen LogP contribution in [0, 0.1) is 17.0 Å². The average Bonchev–Trinajstić information content (AvgIpc) is 3.57. The normalized spacial score (nSPS) is 13.9. The number of nitrogens with zero attached hydrogens (tertiary/aromatic N) is 2. The summed E-state index contributed by atoms with van der Waals surface area (Å²) in [7, 11) is 0. The van der Waals surface area contributed by atoms with Crippen LogP contribution >= 0.6 is 11.8 Å². The molecule has 0 fully saturated rings. The van der Waals surface area contributed by atoms with Crippen LogP contribution in [0.15, 0.2) is 60.8 Å². The lowest BCUT2D eigenvalue weighted by Gasteiger charge is -2.41. The quantitative estimate of drug-likeness (QED) is 0.0718. The maximum Gasteiger partial charge on any atom is 0.328 e. The highest BCUT2D eigenvalue weighted by Gasteiger charge is 2.37. The van der Waals surface area contributed by atoms with Gasteiger partial charge in [0.1, 0.15) is 23.7 Å². The third-order valence-electron chi connectivity index (χ3n) is 9.19. The fourth-order valence-electron chi connectivity index (χ4n) is 6.20. The molecule has 0 bridgehead atoms. The Bertz CT molecular complexity index is 2030. The summed E-state index contributed by atoms with van der Waals surface area (Å²) in [6.07, 6.45) is 0.853. The molecule has 5 atom stereocenters. The zero-order chi connectivity index (χ0) is 44.9. The second kappa shape index (κ2) is 21.9. The molecule has 0 saturated carbocycles. The molecule has 0 spiro atoms. The van der Waals surface area contributed by atoms with Crippen molar-refractivity contribution in [1.82, 2.24) is 25.4 Å². The number of rotatable bonds is 22. The van der Waals surface area contributed by atoms with E-state index < -0.39 is 102 Å². The van der Waals surface area contributed by atoms with Crippen LogP contribution < -0.4 is 27.4 Å². The van der Waals surface area contributed by atoms with Crippen LogP contribution in [0.25, 0.3) is 11.1 Å². The van der Waals surface area contributed by atoms with E-state index in [1.807, 2.05) is 55.7 Å². The SMILES string of the molecule is CC(=O)N(CC[C@H](N)C(=O)N[C@H](CNC(=O)CNC(=O)C(CC(=O)O)SC[C@H](N)C(=O)O)C(=O)O)[C@@H](c1cc(-c2cc(F)ccc2F)cn1Cc1ccccc1)C(C)(C)C. The summed E-state index contributed by atoms with van der Waals surface area (Å²) in [6.45, 7) is 5.92. The van der Waals surface area contributed by atoms with Gasteiger partial charge in [0.15, 0.2) is 0 Å². The molecule has 17 nitrogen and oxygen atoms in total. The number of carboxylic acids is 3. The van der Waals surface area contributed by atoms with E-state index in [1.54, 1.807) is 12.3 Å². The van der Waals surface area contributed by atoms with Crippen molar-refractivity contribution in [3.63, 3.8) is 0 Å². The molecule has 4 amide bonds. The molecule has 1 unspecified atom stereocenters. The number of carbonyl (C=O) groups is 7. The molecule has 0 saturated heterocycles. The number of nitrogens with two attached hydrogens (primary N) is 2. The molecular weight excluding hydrogens is 809 g/mol. The number of aliphatic carboxylic acids is 3. The zero-order valence-electron chi connectivity index (χ0n) is 33.5. The van der Waals surface area contributed by atoms with Gasteiger partial charge >= 0.3 is 17.9 Å². The van der Waals surface area contributed by atoms with Crippen LogP contribution in [0.1, 0.15) is 57.8 Å². The summed E-state index contributed by atoms with van der Waals surface area (Å²) in [5.41, 5.74) is 12.9. The average molecular weight is 860 g/mol. The van der Waals surface area contributed by atoms with E-state index >= 15 is 4.39 Å². The van der Waals surface area contributed by atoms with E-state index in [2.05, 4.69) is 16.0 Å². The summed E-state index contributed by atoms with van der Waals surface area (Å²) in [5, 5.41) is 33.3. The number of benzene rings is 2. The first-order valence-electron chi connectivity index (χ1n) is 18.7. The number of carboxylic acid groups (broad SMARTS) is 3. The van der Waals surface area contributed by atoms with Crippen molar-refractivity contribution in [3.8, 4) is 11.1 Å². The van der Waals surface area contributed by atoms with E-state index in [9.17, 15) is 43.1 Å². The lowest BCUT2D eigenvalue weighted by Crippen LogP contribution is -2.54. The van der Waals surface area contributed by atoms with Gasteiger partial charge in [0.05, 0.1) is 30.3 Å². The molecule has 326 valence electrons. The third kappa shape index (κ3) is 14.5. The van der Waals surface area contributed by atoms with Crippen LogP contribution in [0.5, 0.6) is 0 Å². The summed E-state index contributed by atoms with van der Waals surface area (Å²) < 4.78 is 31.2. The molecule has 20 heteroatoms. The van der Waals surface area contributed by atoms with Crippen molar-refractivity contribution >= 4 is 53.3 Å². The number of halogens is 2. The smallest absolute Gasteiger partial charge is 0.328 e. The van der Waals surface area contributed by atoms with Crippen molar-refractivity contribution in [3.05, 3.63) is 83.7 Å². The lowest BCUT2D eigenvalue weighted by molar-refractivity contribution is -0.142. The van der Waals surface area contributed by atoms with Gasteiger partial charge in [-0.3, -0.25) is 28.8 Å². The summed E-state index contributed by atoms with van der Waals surface area (Å²) in [6, 6.07) is 9.13. The Balaban J connectivity index is 1.73. The van der Waals surface area contributed by atoms with Crippen molar-refractivity contribution in [2.45, 2.75) is 76.5 Å². The molecule has 1 heterocycles. The molecule has 0 radical (unpaired) electrons. The van der Waals surface area contributed by atoms with Crippen LogP contribution in [-0.2, 0) is 40.1 Å². The first-order valence-corrected chi connectivity index (χ1v) is 19.7. The predicted molar refractivity (Wildman–Crippen MR) is 217 cm³/mol. The Morgan fingerprint density at radius 2 is 1.55 bits per heavy atom. The first-order chi connectivity index (χ1) is 28.1. The van der Waals surface area contributed by atoms with Crippen LogP contribution in [0.2, 0.25) is 0 Å². The van der Waals surface area contributed by atoms with Crippen LogP contribution in [-0.4, -0.2) is 115 Å². The monoisotopic (exact) mass is 859 g/mol. The van der Waals surface area contributed by atoms with E-state index in [-0.39, 0.29) is 30.2 Å². The number of thioether (sulfide) groups is 1. The third-order valence-corrected chi connectivity index (χ3v) is 10.5. The Morgan fingerprint density at radius 3 is 2.13 bits per heavy atom. The largest absolute Gasteiger partial charge is 0.481 e. The van der Waals surface area contributed by atoms with Crippen molar-refractivity contribution in [1.29, 1.82) is 0 Å². The van der Waals surface area contributed by atoms with Crippen molar-refractivity contribution < 1.29 is 57.7 Å². The number of amides is 4. The number of nitrogens with one attached hydrogen (secondary N) is 3. The van der Waals surface area contributed by atoms with Gasteiger partial charge in [0.25, 0.3) is 0 Å². The minimum Gasteiger partial charge on any atom is -0.481 e. The molecule has 0 aliphatic carbocycles. The van der Waals surface area contributed by atoms with Gasteiger partial charge in [0, 0.05) is 55.3 Å². The molecular formula is C40H51F2N7O10S. The van der Waals surface area contributed by atoms with E-state index in [1.165, 1.54) is 11.8 Å². The molecule has 0 aliphatic heterocycles. The Morgan fingerprint density at radius 1 is 0.883 bits per heavy atom. The van der Waals surface area contributed by atoms with E-state index in [0.29, 0.717) is 29.6 Å². The maximum absolute atomic E-state index is 15.0. The molecule has 60 heavy (non-hydrogen) atoms. The molecule has 3 rings (SSSR count). The maximum atomic E-state index is 15.0. The second-order valence-corrected chi connectivity index (χ2v) is 16.3. The molecule has 1 aromatic heterocycles. The summed E-state index contributed by atoms with van der Waals surface area (Å²) >= 11 is 0.674. The van der Waals surface area contributed by atoms with E-state index in [0.717, 1.165) is 23.8 Å². The summed E-state index contributed by atoms with van der Waals surface area (Å²) in [4.78, 5) is 87.4. The molecule has 10 N–H and O–H groups in total. The van der Waals surface area contributed by atoms with Crippen molar-refractivity contribution in [2.75, 3.05) is 25.4 Å². The van der Waals surface area contributed by atoms with Gasteiger partial charge in [0.2, 0.25) is 23.6 Å². The van der Waals surface area contributed by atoms with Gasteiger partial charge in [-0.05, 0) is 41.7 Å². The minimum absolute atomic E-state index is 0.0248. The molecule has 3 aromatic rings. The first kappa shape index (κ1) is 48.5. The predicted octanol–water partition coefficient (Wildman–Crippen LogP) is 1.92. The fraction of sp³-hybridized carbons (Fsp3) is 0.425. The Labute approximate surface area is 349 Å². The second-order valence-electron chi connectivity index (χ2n) is 15.1. The highest BCUT2D eigenvalue weighted by Crippen LogP contribution is 2.41. The highest BCUT2D eigenvalue weighted by molar-refractivity contribution is 8.00. The zero-order valence-corrected chi connectivity index (χ0v) is 34.3. The fourth-order valence-corrected chi connectivity index (χ4v) is 7.28. The van der Waals surface area contributed by atoms with Crippen molar-refractivity contribution in [2.24, 2.45) is 16.9 Å². The van der Waals surface area contributed by atoms with E-state index in [4.69, 9.17) is 21.7 Å². The Kier molecular flexibility index (Phi) is 17.7. The molecule has 2 aromatic carbocycles. The number of aromatic nitrogens is 1. The van der Waals surface area contributed by atoms with Crippen LogP contribution in [0.3, 0.4) is 0 Å². The van der Waals surface area contributed by atoms with Gasteiger partial charge in [-0.15, -0.1) is 11.8 Å². The number of hydrogen-bond acceptors (Lipinski definition) is 10. The van der Waals surface area contributed by atoms with Gasteiger partial charge in [-0.25, -0.2) is 13.6 Å². The standard InChI is InChI=1S/C40H51F2N7O10S/c1-22(50)49(35(40(2,3)4)31-14-24(26-15-25(41)10-11-27(26)42)20-48(31)19-23-8-6-5-7-9-23)13-12-28(43)36(54)47-30(39(58)59)17-45-33(51)18-46-37(55)32(16-34(52)53)60-21-29(44)38(56)57/h5-11,14-15,20,28-30,32,35H,12-13,16-19,21,43-44H2,1-4H3,(H,45,51)(H,46,55)(H,47,54)(H,52,53)(H,56,57)(H,58,59)/t28-,29-,30+,32?,35-/m0/s1. The Hall–Kier alpha value is -5.86. The van der Waals surface area contributed by atoms with Crippen LogP contribution in [0.4, 0.5) is 8.78 Å². The highest BCUT2D eigenvalue weighted by atomic mass is 32.2. The lowest BCUT2D eigenvalue weighted by atomic mass is 9.82. The van der Waals surface area contributed by atoms with Gasteiger partial charge in [-0.1, -0.05) is 51.1 Å². The van der Waals surface area contributed by atoms with Gasteiger partial charge < -0.3 is 52.2 Å². The number of hydrogen-bond donors (Lipinski definition) is 8.